The van der Waals surface area contributed by atoms with Crippen LogP contribution in [-0.2, 0) is 19.1 Å². The fourth-order valence-corrected chi connectivity index (χ4v) is 5.72. The topological polar surface area (TPSA) is 90.4 Å². The van der Waals surface area contributed by atoms with Crippen LogP contribution in [0.5, 0.6) is 0 Å². The summed E-state index contributed by atoms with van der Waals surface area (Å²) in [5, 5.41) is 9.90. The molecule has 3 saturated heterocycles. The Balaban J connectivity index is 2.02. The van der Waals surface area contributed by atoms with Crippen LogP contribution in [0.4, 0.5) is 0 Å². The van der Waals surface area contributed by atoms with Gasteiger partial charge < -0.3 is 24.5 Å². The lowest BCUT2D eigenvalue weighted by molar-refractivity contribution is -0.151. The molecule has 3 aliphatic rings. The molecule has 0 saturated carbocycles. The van der Waals surface area contributed by atoms with Crippen LogP contribution in [0.15, 0.2) is 25.3 Å². The van der Waals surface area contributed by atoms with Gasteiger partial charge in [0.25, 0.3) is 0 Å². The molecule has 3 heterocycles. The van der Waals surface area contributed by atoms with Crippen LogP contribution in [0.1, 0.15) is 39.5 Å². The number of likely N-dealkylation sites (N-methyl/N-ethyl adjacent to an activating group) is 1. The number of nitrogens with zero attached hydrogens (tertiary/aromatic N) is 3. The van der Waals surface area contributed by atoms with Crippen molar-refractivity contribution in [2.45, 2.75) is 63.3 Å². The molecule has 32 heavy (non-hydrogen) atoms. The van der Waals surface area contributed by atoms with Gasteiger partial charge in [0.15, 0.2) is 0 Å². The summed E-state index contributed by atoms with van der Waals surface area (Å²) in [6, 6.07) is -1.41. The molecule has 8 nitrogen and oxygen atoms in total. The molecule has 6 atom stereocenters. The van der Waals surface area contributed by atoms with E-state index in [0.717, 1.165) is 12.8 Å². The minimum absolute atomic E-state index is 0.159. The van der Waals surface area contributed by atoms with E-state index >= 15 is 0 Å². The average molecular weight is 448 g/mol. The normalized spacial score (nSPS) is 31.4. The van der Waals surface area contributed by atoms with Gasteiger partial charge in [-0.15, -0.1) is 13.2 Å². The lowest BCUT2D eigenvalue weighted by Gasteiger charge is -2.38. The monoisotopic (exact) mass is 447 g/mol. The van der Waals surface area contributed by atoms with Gasteiger partial charge in [0.2, 0.25) is 17.7 Å². The second kappa shape index (κ2) is 9.75. The minimum atomic E-state index is -1.04. The second-order valence-electron chi connectivity index (χ2n) is 9.27. The standard InChI is InChI=1S/C24H37N3O5/c1-6-9-14-26(13-8-3)23(31)20-24-11-10-17(32-24)18(21(29)25(5)12-7-2)19(24)22(30)27(20)16(4)15-28/h7-8,16-20,28H,2-3,6,9-15H2,1,4-5H3/t16-,17-,18+,19+,20?,24?/m1/s1. The summed E-state index contributed by atoms with van der Waals surface area (Å²) in [6.45, 7) is 12.3. The summed E-state index contributed by atoms with van der Waals surface area (Å²) < 4.78 is 6.42. The van der Waals surface area contributed by atoms with Gasteiger partial charge in [0.1, 0.15) is 11.6 Å². The summed E-state index contributed by atoms with van der Waals surface area (Å²) in [5.74, 6) is -1.97. The van der Waals surface area contributed by atoms with Gasteiger partial charge in [0.05, 0.1) is 30.6 Å². The Kier molecular flexibility index (Phi) is 7.45. The maximum atomic E-state index is 13.9. The third-order valence-corrected chi connectivity index (χ3v) is 7.22. The Hall–Kier alpha value is -2.19. The third-order valence-electron chi connectivity index (χ3n) is 7.22. The van der Waals surface area contributed by atoms with Crippen LogP contribution in [0.2, 0.25) is 0 Å². The zero-order valence-corrected chi connectivity index (χ0v) is 19.5. The Morgan fingerprint density at radius 3 is 2.59 bits per heavy atom. The number of carbonyl (C=O) groups excluding carboxylic acids is 3. The smallest absolute Gasteiger partial charge is 0.248 e. The average Bonchev–Trinajstić information content (AvgIpc) is 3.42. The number of amides is 3. The molecule has 3 amide bonds. The number of aliphatic hydroxyl groups is 1. The highest BCUT2D eigenvalue weighted by molar-refractivity contribution is 5.99. The first-order valence-corrected chi connectivity index (χ1v) is 11.6. The number of rotatable bonds is 11. The molecule has 8 heteroatoms. The summed E-state index contributed by atoms with van der Waals surface area (Å²) in [5.41, 5.74) is -1.04. The molecule has 2 unspecified atom stereocenters. The van der Waals surface area contributed by atoms with E-state index in [9.17, 15) is 19.5 Å². The highest BCUT2D eigenvalue weighted by Crippen LogP contribution is 2.59. The van der Waals surface area contributed by atoms with Crippen LogP contribution < -0.4 is 0 Å². The van der Waals surface area contributed by atoms with E-state index in [0.29, 0.717) is 32.5 Å². The van der Waals surface area contributed by atoms with Crippen LogP contribution in [0.25, 0.3) is 0 Å². The lowest BCUT2D eigenvalue weighted by Crippen LogP contribution is -2.58. The van der Waals surface area contributed by atoms with Crippen molar-refractivity contribution < 1.29 is 24.2 Å². The van der Waals surface area contributed by atoms with Gasteiger partial charge in [-0.25, -0.2) is 0 Å². The second-order valence-corrected chi connectivity index (χ2v) is 9.27. The van der Waals surface area contributed by atoms with E-state index in [-0.39, 0.29) is 30.4 Å². The fourth-order valence-electron chi connectivity index (χ4n) is 5.72. The van der Waals surface area contributed by atoms with E-state index in [4.69, 9.17) is 4.74 Å². The molecule has 2 bridgehead atoms. The maximum Gasteiger partial charge on any atom is 0.248 e. The SMILES string of the molecule is C=CCN(C)C(=O)[C@@H]1[C@H]2C(=O)N([C@H](C)CO)C(C(=O)N(CC=C)CCCC)C23CC[C@H]1O3. The van der Waals surface area contributed by atoms with Gasteiger partial charge in [-0.05, 0) is 26.2 Å². The van der Waals surface area contributed by atoms with Crippen molar-refractivity contribution in [3.63, 3.8) is 0 Å². The van der Waals surface area contributed by atoms with Crippen LogP contribution >= 0.6 is 0 Å². The zero-order valence-electron chi connectivity index (χ0n) is 19.5. The number of aliphatic hydroxyl groups excluding tert-OH is 1. The van der Waals surface area contributed by atoms with E-state index in [2.05, 4.69) is 20.1 Å². The third kappa shape index (κ3) is 3.77. The van der Waals surface area contributed by atoms with Crippen molar-refractivity contribution in [3.8, 4) is 0 Å². The molecule has 0 aromatic heterocycles. The summed E-state index contributed by atoms with van der Waals surface area (Å²) in [6.07, 6.45) is 5.89. The first-order valence-electron chi connectivity index (χ1n) is 11.6. The van der Waals surface area contributed by atoms with Gasteiger partial charge in [-0.3, -0.25) is 14.4 Å². The number of unbranched alkanes of at least 4 members (excludes halogenated alkanes) is 1. The van der Waals surface area contributed by atoms with E-state index in [1.807, 2.05) is 0 Å². The quantitative estimate of drug-likeness (QED) is 0.481. The molecule has 0 aliphatic carbocycles. The molecular weight excluding hydrogens is 410 g/mol. The van der Waals surface area contributed by atoms with E-state index in [1.54, 1.807) is 35.9 Å². The summed E-state index contributed by atoms with van der Waals surface area (Å²) in [4.78, 5) is 45.6. The minimum Gasteiger partial charge on any atom is -0.394 e. The first kappa shape index (κ1) is 24.5. The highest BCUT2D eigenvalue weighted by atomic mass is 16.5. The van der Waals surface area contributed by atoms with Crippen molar-refractivity contribution in [3.05, 3.63) is 25.3 Å². The number of hydrogen-bond donors (Lipinski definition) is 1. The zero-order chi connectivity index (χ0) is 23.6. The molecule has 3 rings (SSSR count). The Morgan fingerprint density at radius 1 is 1.31 bits per heavy atom. The van der Waals surface area contributed by atoms with Crippen molar-refractivity contribution in [2.24, 2.45) is 11.8 Å². The first-order chi connectivity index (χ1) is 15.3. The summed E-state index contributed by atoms with van der Waals surface area (Å²) in [7, 11) is 1.69. The predicted octanol–water partition coefficient (Wildman–Crippen LogP) is 1.20. The molecule has 1 N–H and O–H groups in total. The predicted molar refractivity (Wildman–Crippen MR) is 121 cm³/mol. The number of likely N-dealkylation sites (tertiary alicyclic amines) is 1. The molecule has 0 radical (unpaired) electrons. The molecule has 178 valence electrons. The Labute approximate surface area is 190 Å². The Morgan fingerprint density at radius 2 is 2.00 bits per heavy atom. The van der Waals surface area contributed by atoms with Gasteiger partial charge in [-0.2, -0.15) is 0 Å². The largest absolute Gasteiger partial charge is 0.394 e. The van der Waals surface area contributed by atoms with Gasteiger partial charge in [-0.1, -0.05) is 25.5 Å². The lowest BCUT2D eigenvalue weighted by atomic mass is 9.70. The highest BCUT2D eigenvalue weighted by Gasteiger charge is 2.75. The van der Waals surface area contributed by atoms with Crippen molar-refractivity contribution in [1.82, 2.24) is 14.7 Å². The number of hydrogen-bond acceptors (Lipinski definition) is 5. The number of ether oxygens (including phenoxy) is 1. The van der Waals surface area contributed by atoms with E-state index in [1.165, 1.54) is 4.90 Å². The molecule has 0 aromatic rings. The molecular formula is C24H37N3O5. The van der Waals surface area contributed by atoms with Crippen LogP contribution in [-0.4, -0.2) is 94.6 Å². The Bertz CT molecular complexity index is 771. The van der Waals surface area contributed by atoms with Crippen molar-refractivity contribution >= 4 is 17.7 Å². The van der Waals surface area contributed by atoms with Crippen LogP contribution in [0.3, 0.4) is 0 Å². The van der Waals surface area contributed by atoms with Crippen molar-refractivity contribution in [1.29, 1.82) is 0 Å². The number of carbonyl (C=O) groups is 3. The fraction of sp³-hybridized carbons (Fsp3) is 0.708. The molecule has 0 aromatic carbocycles. The van der Waals surface area contributed by atoms with Gasteiger partial charge >= 0.3 is 0 Å². The van der Waals surface area contributed by atoms with Gasteiger partial charge in [0, 0.05) is 26.7 Å². The maximum absolute atomic E-state index is 13.9. The molecule has 3 aliphatic heterocycles. The van der Waals surface area contributed by atoms with Crippen molar-refractivity contribution in [2.75, 3.05) is 33.3 Å². The summed E-state index contributed by atoms with van der Waals surface area (Å²) >= 11 is 0. The van der Waals surface area contributed by atoms with E-state index < -0.39 is 29.5 Å². The molecule has 3 fully saturated rings. The van der Waals surface area contributed by atoms with Crippen LogP contribution in [0, 0.1) is 11.8 Å². The number of fused-ring (bicyclic) bond motifs is 1. The molecule has 1 spiro atoms.